The van der Waals surface area contributed by atoms with E-state index in [1.807, 2.05) is 13.8 Å². The third kappa shape index (κ3) is 4.23. The highest BCUT2D eigenvalue weighted by atomic mass is 19.1. The molecular weight excluding hydrogens is 245 g/mol. The number of anilines is 1. The zero-order valence-electron chi connectivity index (χ0n) is 11.8. The molecule has 0 radical (unpaired) electrons. The molecule has 0 heterocycles. The zero-order valence-corrected chi connectivity index (χ0v) is 11.8. The second-order valence-corrected chi connectivity index (χ2v) is 4.43. The fourth-order valence-electron chi connectivity index (χ4n) is 2.11. The predicted octanol–water partition coefficient (Wildman–Crippen LogP) is 3.61. The molecule has 0 aliphatic carbocycles. The summed E-state index contributed by atoms with van der Waals surface area (Å²) < 4.78 is 18.7. The van der Waals surface area contributed by atoms with Crippen molar-refractivity contribution in [3.63, 3.8) is 0 Å². The van der Waals surface area contributed by atoms with E-state index in [0.717, 1.165) is 12.8 Å². The Morgan fingerprint density at radius 1 is 1.26 bits per heavy atom. The first-order chi connectivity index (χ1) is 9.13. The fraction of sp³-hybridized carbons (Fsp3) is 0.533. The Hall–Kier alpha value is -1.58. The zero-order chi connectivity index (χ0) is 14.3. The van der Waals surface area contributed by atoms with Crippen molar-refractivity contribution in [1.82, 2.24) is 0 Å². The Labute approximate surface area is 114 Å². The van der Waals surface area contributed by atoms with E-state index in [-0.39, 0.29) is 17.7 Å². The van der Waals surface area contributed by atoms with Gasteiger partial charge in [-0.3, -0.25) is 0 Å². The molecule has 0 amide bonds. The standard InChI is InChI=1S/C15H22FNO2/c1-4-11(5-2)14(15(18)19-6-3)17-13-10-8-7-9-12(13)16/h7-11,14,17H,4-6H2,1-3H3. The van der Waals surface area contributed by atoms with Gasteiger partial charge in [0.25, 0.3) is 0 Å². The summed E-state index contributed by atoms with van der Waals surface area (Å²) in [5.41, 5.74) is 0.340. The Morgan fingerprint density at radius 2 is 1.89 bits per heavy atom. The van der Waals surface area contributed by atoms with Crippen molar-refractivity contribution in [3.8, 4) is 0 Å². The number of carbonyl (C=O) groups is 1. The van der Waals surface area contributed by atoms with Crippen LogP contribution in [-0.4, -0.2) is 18.6 Å². The van der Waals surface area contributed by atoms with E-state index in [9.17, 15) is 9.18 Å². The molecule has 0 aliphatic rings. The minimum absolute atomic E-state index is 0.124. The molecular formula is C15H22FNO2. The molecule has 1 N–H and O–H groups in total. The summed E-state index contributed by atoms with van der Waals surface area (Å²) in [6.45, 7) is 6.13. The van der Waals surface area contributed by atoms with Crippen molar-refractivity contribution in [2.75, 3.05) is 11.9 Å². The average molecular weight is 267 g/mol. The molecule has 1 atom stereocenters. The van der Waals surface area contributed by atoms with Crippen LogP contribution in [0.4, 0.5) is 10.1 Å². The fourth-order valence-corrected chi connectivity index (χ4v) is 2.11. The molecule has 0 saturated heterocycles. The lowest BCUT2D eigenvalue weighted by Gasteiger charge is -2.25. The van der Waals surface area contributed by atoms with Crippen LogP contribution in [0.15, 0.2) is 24.3 Å². The maximum absolute atomic E-state index is 13.7. The van der Waals surface area contributed by atoms with Gasteiger partial charge in [-0.05, 0) is 25.0 Å². The van der Waals surface area contributed by atoms with E-state index in [0.29, 0.717) is 12.3 Å². The van der Waals surface area contributed by atoms with Crippen molar-refractivity contribution in [3.05, 3.63) is 30.1 Å². The highest BCUT2D eigenvalue weighted by molar-refractivity contribution is 5.79. The van der Waals surface area contributed by atoms with E-state index in [2.05, 4.69) is 5.32 Å². The van der Waals surface area contributed by atoms with Gasteiger partial charge < -0.3 is 10.1 Å². The normalized spacial score (nSPS) is 12.3. The molecule has 0 spiro atoms. The Bertz CT molecular complexity index is 405. The molecule has 0 fully saturated rings. The molecule has 0 aliphatic heterocycles. The van der Waals surface area contributed by atoms with Gasteiger partial charge in [0.1, 0.15) is 11.9 Å². The Morgan fingerprint density at radius 3 is 2.42 bits per heavy atom. The summed E-state index contributed by atoms with van der Waals surface area (Å²) >= 11 is 0. The average Bonchev–Trinajstić information content (AvgIpc) is 2.41. The van der Waals surface area contributed by atoms with Crippen molar-refractivity contribution in [2.24, 2.45) is 5.92 Å². The van der Waals surface area contributed by atoms with Crippen LogP contribution in [0.1, 0.15) is 33.6 Å². The number of hydrogen-bond acceptors (Lipinski definition) is 3. The van der Waals surface area contributed by atoms with Crippen LogP contribution in [0.25, 0.3) is 0 Å². The minimum Gasteiger partial charge on any atom is -0.464 e. The number of benzene rings is 1. The van der Waals surface area contributed by atoms with Gasteiger partial charge in [-0.2, -0.15) is 0 Å². The Balaban J connectivity index is 2.91. The van der Waals surface area contributed by atoms with E-state index in [1.54, 1.807) is 25.1 Å². The maximum atomic E-state index is 13.7. The molecule has 19 heavy (non-hydrogen) atoms. The monoisotopic (exact) mass is 267 g/mol. The van der Waals surface area contributed by atoms with Crippen molar-refractivity contribution in [1.29, 1.82) is 0 Å². The molecule has 106 valence electrons. The van der Waals surface area contributed by atoms with Crippen LogP contribution < -0.4 is 5.32 Å². The second kappa shape index (κ2) is 7.77. The lowest BCUT2D eigenvalue weighted by molar-refractivity contribution is -0.145. The van der Waals surface area contributed by atoms with Gasteiger partial charge in [-0.25, -0.2) is 9.18 Å². The quantitative estimate of drug-likeness (QED) is 0.767. The second-order valence-electron chi connectivity index (χ2n) is 4.43. The van der Waals surface area contributed by atoms with Gasteiger partial charge in [0, 0.05) is 0 Å². The van der Waals surface area contributed by atoms with Crippen LogP contribution in [-0.2, 0) is 9.53 Å². The first-order valence-corrected chi connectivity index (χ1v) is 6.81. The first kappa shape index (κ1) is 15.5. The smallest absolute Gasteiger partial charge is 0.328 e. The van der Waals surface area contributed by atoms with E-state index in [1.165, 1.54) is 6.07 Å². The topological polar surface area (TPSA) is 38.3 Å². The molecule has 0 bridgehead atoms. The summed E-state index contributed by atoms with van der Waals surface area (Å²) in [4.78, 5) is 12.0. The molecule has 1 rings (SSSR count). The molecule has 1 unspecified atom stereocenters. The number of esters is 1. The number of carbonyl (C=O) groups excluding carboxylic acids is 1. The van der Waals surface area contributed by atoms with Gasteiger partial charge >= 0.3 is 5.97 Å². The van der Waals surface area contributed by atoms with Crippen LogP contribution in [0.2, 0.25) is 0 Å². The largest absolute Gasteiger partial charge is 0.464 e. The number of hydrogen-bond donors (Lipinski definition) is 1. The van der Waals surface area contributed by atoms with E-state index < -0.39 is 6.04 Å². The number of rotatable bonds is 7. The summed E-state index contributed by atoms with van der Waals surface area (Å²) in [5.74, 6) is -0.555. The van der Waals surface area contributed by atoms with Gasteiger partial charge in [0.05, 0.1) is 12.3 Å². The number of halogens is 1. The predicted molar refractivity (Wildman–Crippen MR) is 74.5 cm³/mol. The number of ether oxygens (including phenoxy) is 1. The van der Waals surface area contributed by atoms with Crippen LogP contribution in [0, 0.1) is 11.7 Å². The van der Waals surface area contributed by atoms with E-state index >= 15 is 0 Å². The van der Waals surface area contributed by atoms with Gasteiger partial charge in [0.15, 0.2) is 0 Å². The molecule has 3 nitrogen and oxygen atoms in total. The maximum Gasteiger partial charge on any atom is 0.328 e. The third-order valence-electron chi connectivity index (χ3n) is 3.25. The molecule has 1 aromatic carbocycles. The first-order valence-electron chi connectivity index (χ1n) is 6.81. The molecule has 4 heteroatoms. The molecule has 0 saturated carbocycles. The summed E-state index contributed by atoms with van der Waals surface area (Å²) in [6.07, 6.45) is 1.67. The highest BCUT2D eigenvalue weighted by Crippen LogP contribution is 2.21. The van der Waals surface area contributed by atoms with Gasteiger partial charge in [-0.1, -0.05) is 38.8 Å². The Kier molecular flexibility index (Phi) is 6.33. The van der Waals surface area contributed by atoms with Crippen LogP contribution >= 0.6 is 0 Å². The van der Waals surface area contributed by atoms with Gasteiger partial charge in [-0.15, -0.1) is 0 Å². The van der Waals surface area contributed by atoms with Crippen molar-refractivity contribution < 1.29 is 13.9 Å². The molecule has 1 aromatic rings. The highest BCUT2D eigenvalue weighted by Gasteiger charge is 2.27. The van der Waals surface area contributed by atoms with Crippen LogP contribution in [0.3, 0.4) is 0 Å². The SMILES string of the molecule is CCOC(=O)C(Nc1ccccc1F)C(CC)CC. The number of nitrogens with one attached hydrogen (secondary N) is 1. The summed E-state index contributed by atoms with van der Waals surface area (Å²) in [7, 11) is 0. The molecule has 0 aromatic heterocycles. The summed E-state index contributed by atoms with van der Waals surface area (Å²) in [5, 5.41) is 2.98. The van der Waals surface area contributed by atoms with Crippen molar-refractivity contribution >= 4 is 11.7 Å². The van der Waals surface area contributed by atoms with E-state index in [4.69, 9.17) is 4.74 Å². The summed E-state index contributed by atoms with van der Waals surface area (Å²) in [6, 6.07) is 5.85. The number of para-hydroxylation sites is 1. The van der Waals surface area contributed by atoms with Gasteiger partial charge in [0.2, 0.25) is 0 Å². The van der Waals surface area contributed by atoms with Crippen LogP contribution in [0.5, 0.6) is 0 Å². The lowest BCUT2D eigenvalue weighted by Crippen LogP contribution is -2.38. The lowest BCUT2D eigenvalue weighted by atomic mass is 9.94. The minimum atomic E-state index is -0.508. The van der Waals surface area contributed by atoms with Crippen molar-refractivity contribution in [2.45, 2.75) is 39.7 Å². The third-order valence-corrected chi connectivity index (χ3v) is 3.25.